The number of anilines is 2. The molecule has 0 saturated carbocycles. The van der Waals surface area contributed by atoms with Crippen molar-refractivity contribution in [3.05, 3.63) is 51.5 Å². The van der Waals surface area contributed by atoms with E-state index < -0.39 is 12.0 Å². The van der Waals surface area contributed by atoms with Crippen LogP contribution in [0.25, 0.3) is 0 Å². The van der Waals surface area contributed by atoms with E-state index in [1.54, 1.807) is 37.3 Å². The van der Waals surface area contributed by atoms with Crippen LogP contribution in [0.3, 0.4) is 0 Å². The lowest BCUT2D eigenvalue weighted by Crippen LogP contribution is -2.30. The molecule has 0 bridgehead atoms. The van der Waals surface area contributed by atoms with Crippen molar-refractivity contribution in [1.29, 1.82) is 0 Å². The van der Waals surface area contributed by atoms with E-state index in [9.17, 15) is 9.59 Å². The van der Waals surface area contributed by atoms with Gasteiger partial charge in [0.1, 0.15) is 10.8 Å². The van der Waals surface area contributed by atoms with Crippen LogP contribution in [-0.2, 0) is 9.59 Å². The van der Waals surface area contributed by atoms with Crippen molar-refractivity contribution in [2.45, 2.75) is 20.0 Å². The fourth-order valence-corrected chi connectivity index (χ4v) is 2.52. The third-order valence-electron chi connectivity index (χ3n) is 3.14. The first-order chi connectivity index (χ1) is 11.8. The summed E-state index contributed by atoms with van der Waals surface area (Å²) in [6.45, 7) is 2.97. The third kappa shape index (κ3) is 5.26. The second kappa shape index (κ2) is 8.43. The minimum atomic E-state index is -0.831. The van der Waals surface area contributed by atoms with Gasteiger partial charge in [-0.25, -0.2) is 0 Å². The summed E-state index contributed by atoms with van der Waals surface area (Å²) in [6.07, 6.45) is -0.831. The van der Waals surface area contributed by atoms with Gasteiger partial charge in [-0.1, -0.05) is 40.9 Å². The average Bonchev–Trinajstić information content (AvgIpc) is 2.53. The molecule has 0 radical (unpaired) electrons. The highest BCUT2D eigenvalue weighted by Gasteiger charge is 2.18. The largest absolute Gasteiger partial charge is 0.479 e. The Labute approximate surface area is 160 Å². The molecule has 1 unspecified atom stereocenters. The zero-order valence-electron chi connectivity index (χ0n) is 13.4. The van der Waals surface area contributed by atoms with E-state index in [-0.39, 0.29) is 16.0 Å². The Balaban J connectivity index is 2.06. The average molecular weight is 402 g/mol. The van der Waals surface area contributed by atoms with E-state index in [0.717, 1.165) is 0 Å². The molecule has 2 rings (SSSR count). The maximum Gasteiger partial charge on any atom is 0.265 e. The molecule has 0 aromatic heterocycles. The number of amides is 2. The first-order valence-electron chi connectivity index (χ1n) is 7.26. The highest BCUT2D eigenvalue weighted by molar-refractivity contribution is 6.42. The molecule has 0 aliphatic heterocycles. The van der Waals surface area contributed by atoms with E-state index >= 15 is 0 Å². The minimum Gasteiger partial charge on any atom is -0.479 e. The SMILES string of the molecule is CC(=O)Nc1ccc(NC(=O)C(C)Oc2cccc(Cl)c2Cl)c(Cl)c1. The first kappa shape index (κ1) is 19.4. The first-order valence-corrected chi connectivity index (χ1v) is 8.40. The standard InChI is InChI=1S/C17H15Cl3N2O3/c1-9(25-15-5-3-4-12(18)16(15)20)17(24)22-14-7-6-11(8-13(14)19)21-10(2)23/h3-9H,1-2H3,(H,21,23)(H,22,24). The highest BCUT2D eigenvalue weighted by atomic mass is 35.5. The molecule has 2 N–H and O–H groups in total. The van der Waals surface area contributed by atoms with Crippen molar-refractivity contribution < 1.29 is 14.3 Å². The molecule has 0 aliphatic rings. The fourth-order valence-electron chi connectivity index (χ4n) is 1.95. The van der Waals surface area contributed by atoms with Crippen LogP contribution in [0.2, 0.25) is 15.1 Å². The zero-order chi connectivity index (χ0) is 18.6. The molecule has 2 amide bonds. The van der Waals surface area contributed by atoms with Crippen LogP contribution in [0.4, 0.5) is 11.4 Å². The van der Waals surface area contributed by atoms with E-state index in [1.165, 1.54) is 13.0 Å². The van der Waals surface area contributed by atoms with Gasteiger partial charge in [-0.15, -0.1) is 0 Å². The summed E-state index contributed by atoms with van der Waals surface area (Å²) >= 11 is 18.1. The van der Waals surface area contributed by atoms with Crippen molar-refractivity contribution in [1.82, 2.24) is 0 Å². The Morgan fingerprint density at radius 1 is 1.04 bits per heavy atom. The maximum absolute atomic E-state index is 12.3. The molecule has 2 aromatic rings. The van der Waals surface area contributed by atoms with Crippen molar-refractivity contribution in [3.63, 3.8) is 0 Å². The van der Waals surface area contributed by atoms with Gasteiger partial charge in [0, 0.05) is 12.6 Å². The Bertz CT molecular complexity index is 812. The topological polar surface area (TPSA) is 67.4 Å². The summed E-state index contributed by atoms with van der Waals surface area (Å²) in [5.41, 5.74) is 0.930. The van der Waals surface area contributed by atoms with Crippen LogP contribution in [0, 0.1) is 0 Å². The fraction of sp³-hybridized carbons (Fsp3) is 0.176. The number of ether oxygens (including phenoxy) is 1. The van der Waals surface area contributed by atoms with E-state index in [0.29, 0.717) is 22.1 Å². The summed E-state index contributed by atoms with van der Waals surface area (Å²) in [5.74, 6) is -0.317. The molecule has 2 aromatic carbocycles. The molecule has 0 heterocycles. The monoisotopic (exact) mass is 400 g/mol. The number of benzene rings is 2. The Morgan fingerprint density at radius 2 is 1.76 bits per heavy atom. The van der Waals surface area contributed by atoms with Crippen LogP contribution in [0.5, 0.6) is 5.75 Å². The molecule has 0 aliphatic carbocycles. The summed E-state index contributed by atoms with van der Waals surface area (Å²) in [5, 5.41) is 6.12. The number of carbonyl (C=O) groups excluding carboxylic acids is 2. The van der Waals surface area contributed by atoms with Crippen molar-refractivity contribution in [2.75, 3.05) is 10.6 Å². The van der Waals surface area contributed by atoms with Crippen LogP contribution >= 0.6 is 34.8 Å². The second-order valence-corrected chi connectivity index (χ2v) is 6.37. The summed E-state index contributed by atoms with van der Waals surface area (Å²) < 4.78 is 5.55. The zero-order valence-corrected chi connectivity index (χ0v) is 15.7. The van der Waals surface area contributed by atoms with Crippen LogP contribution < -0.4 is 15.4 Å². The summed E-state index contributed by atoms with van der Waals surface area (Å²) in [7, 11) is 0. The number of hydrogen-bond donors (Lipinski definition) is 2. The molecule has 132 valence electrons. The summed E-state index contributed by atoms with van der Waals surface area (Å²) in [4.78, 5) is 23.3. The van der Waals surface area contributed by atoms with Gasteiger partial charge in [-0.05, 0) is 37.3 Å². The van der Waals surface area contributed by atoms with Gasteiger partial charge in [0.05, 0.1) is 15.7 Å². The second-order valence-electron chi connectivity index (χ2n) is 5.18. The lowest BCUT2D eigenvalue weighted by Gasteiger charge is -2.17. The number of halogens is 3. The molecule has 0 spiro atoms. The number of carbonyl (C=O) groups is 2. The minimum absolute atomic E-state index is 0.215. The predicted molar refractivity (Wildman–Crippen MR) is 101 cm³/mol. The Morgan fingerprint density at radius 3 is 2.40 bits per heavy atom. The lowest BCUT2D eigenvalue weighted by molar-refractivity contribution is -0.122. The van der Waals surface area contributed by atoms with Gasteiger partial charge in [0.2, 0.25) is 5.91 Å². The molecule has 25 heavy (non-hydrogen) atoms. The summed E-state index contributed by atoms with van der Waals surface area (Å²) in [6, 6.07) is 9.67. The molecule has 0 fully saturated rings. The van der Waals surface area contributed by atoms with Gasteiger partial charge in [0.15, 0.2) is 6.10 Å². The molecule has 5 nitrogen and oxygen atoms in total. The molecular weight excluding hydrogens is 387 g/mol. The van der Waals surface area contributed by atoms with Crippen molar-refractivity contribution in [3.8, 4) is 5.75 Å². The van der Waals surface area contributed by atoms with Crippen molar-refractivity contribution in [2.24, 2.45) is 0 Å². The van der Waals surface area contributed by atoms with E-state index in [2.05, 4.69) is 10.6 Å². The van der Waals surface area contributed by atoms with Crippen LogP contribution in [-0.4, -0.2) is 17.9 Å². The van der Waals surface area contributed by atoms with Gasteiger partial charge < -0.3 is 15.4 Å². The lowest BCUT2D eigenvalue weighted by atomic mass is 10.2. The Kier molecular flexibility index (Phi) is 6.53. The van der Waals surface area contributed by atoms with E-state index in [1.807, 2.05) is 0 Å². The van der Waals surface area contributed by atoms with Gasteiger partial charge in [-0.3, -0.25) is 9.59 Å². The van der Waals surface area contributed by atoms with Crippen LogP contribution in [0.1, 0.15) is 13.8 Å². The Hall–Kier alpha value is -1.95. The van der Waals surface area contributed by atoms with Gasteiger partial charge >= 0.3 is 0 Å². The molecular formula is C17H15Cl3N2O3. The molecule has 1 atom stereocenters. The molecule has 0 saturated heterocycles. The normalized spacial score (nSPS) is 11.6. The quantitative estimate of drug-likeness (QED) is 0.740. The van der Waals surface area contributed by atoms with Gasteiger partial charge in [0.25, 0.3) is 5.91 Å². The maximum atomic E-state index is 12.3. The van der Waals surface area contributed by atoms with E-state index in [4.69, 9.17) is 39.5 Å². The number of rotatable bonds is 5. The highest BCUT2D eigenvalue weighted by Crippen LogP contribution is 2.32. The predicted octanol–water partition coefficient (Wildman–Crippen LogP) is 5.01. The number of hydrogen-bond acceptors (Lipinski definition) is 3. The third-order valence-corrected chi connectivity index (χ3v) is 4.25. The smallest absolute Gasteiger partial charge is 0.265 e. The van der Waals surface area contributed by atoms with Crippen molar-refractivity contribution >= 4 is 58.0 Å². The van der Waals surface area contributed by atoms with Gasteiger partial charge in [-0.2, -0.15) is 0 Å². The van der Waals surface area contributed by atoms with Crippen LogP contribution in [0.15, 0.2) is 36.4 Å². The number of nitrogens with one attached hydrogen (secondary N) is 2. The molecule has 8 heteroatoms.